The molecule has 0 radical (unpaired) electrons. The van der Waals surface area contributed by atoms with E-state index in [0.717, 1.165) is 88.4 Å². The molecule has 10 aromatic carbocycles. The van der Waals surface area contributed by atoms with E-state index >= 15 is 0 Å². The van der Waals surface area contributed by atoms with Gasteiger partial charge in [0.25, 0.3) is 0 Å². The van der Waals surface area contributed by atoms with E-state index in [1.807, 2.05) is 12.1 Å². The normalized spacial score (nSPS) is 11.7. The maximum Gasteiger partial charge on any atom is 0.143 e. The molecule has 0 aliphatic rings. The summed E-state index contributed by atoms with van der Waals surface area (Å²) in [6, 6.07) is 75.7. The zero-order valence-electron chi connectivity index (χ0n) is 32.0. The van der Waals surface area contributed by atoms with E-state index in [-0.39, 0.29) is 0 Å². The summed E-state index contributed by atoms with van der Waals surface area (Å²) in [5, 5.41) is 9.11. The number of hydrogen-bond acceptors (Lipinski definition) is 3. The van der Waals surface area contributed by atoms with Gasteiger partial charge in [-0.1, -0.05) is 158 Å². The lowest BCUT2D eigenvalue weighted by atomic mass is 9.96. The number of anilines is 3. The van der Waals surface area contributed by atoms with Gasteiger partial charge < -0.3 is 13.7 Å². The molecule has 0 saturated heterocycles. The Hall–Kier alpha value is -7.88. The van der Waals surface area contributed by atoms with Crippen LogP contribution in [0.1, 0.15) is 0 Å². The summed E-state index contributed by atoms with van der Waals surface area (Å²) in [4.78, 5) is 2.39. The molecular formula is C56H35NO2. The maximum absolute atomic E-state index is 6.74. The molecule has 0 aliphatic heterocycles. The van der Waals surface area contributed by atoms with E-state index in [2.05, 4.69) is 205 Å². The number of para-hydroxylation sites is 3. The van der Waals surface area contributed by atoms with Crippen LogP contribution in [0.25, 0.3) is 98.8 Å². The fourth-order valence-electron chi connectivity index (χ4n) is 9.04. The minimum atomic E-state index is 0.845. The number of nitrogens with zero attached hydrogens (tertiary/aromatic N) is 1. The van der Waals surface area contributed by atoms with Crippen molar-refractivity contribution in [1.82, 2.24) is 0 Å². The fourth-order valence-corrected chi connectivity index (χ4v) is 9.04. The highest BCUT2D eigenvalue weighted by Crippen LogP contribution is 2.48. The number of hydrogen-bond donors (Lipinski definition) is 0. The Kier molecular flexibility index (Phi) is 7.54. The first-order chi connectivity index (χ1) is 29.2. The zero-order valence-corrected chi connectivity index (χ0v) is 32.0. The first-order valence-corrected chi connectivity index (χ1v) is 20.1. The van der Waals surface area contributed by atoms with Crippen LogP contribution < -0.4 is 4.90 Å². The lowest BCUT2D eigenvalue weighted by Crippen LogP contribution is -2.11. The van der Waals surface area contributed by atoms with Gasteiger partial charge >= 0.3 is 0 Å². The Bertz CT molecular complexity index is 3570. The Balaban J connectivity index is 1.05. The molecule has 2 aromatic heterocycles. The molecule has 0 N–H and O–H groups in total. The minimum Gasteiger partial charge on any atom is -0.455 e. The average Bonchev–Trinajstić information content (AvgIpc) is 3.89. The van der Waals surface area contributed by atoms with Crippen LogP contribution in [0.15, 0.2) is 221 Å². The van der Waals surface area contributed by atoms with Gasteiger partial charge in [-0.3, -0.25) is 0 Å². The molecule has 0 fully saturated rings. The Morgan fingerprint density at radius 2 is 0.898 bits per heavy atom. The van der Waals surface area contributed by atoms with Gasteiger partial charge in [0.1, 0.15) is 22.3 Å². The van der Waals surface area contributed by atoms with Gasteiger partial charge in [0, 0.05) is 38.4 Å². The molecule has 0 aliphatic carbocycles. The SMILES string of the molecule is c1cc(-c2ccc(N(c3ccccc3-c3cccc4c3oc3ccccc34)c3cccc4oc5c6ccccc6ccc5c34)cc2)cc(-c2ccc3ccccc3c2)c1. The zero-order chi connectivity index (χ0) is 38.9. The molecule has 0 atom stereocenters. The van der Waals surface area contributed by atoms with E-state index in [4.69, 9.17) is 8.83 Å². The highest BCUT2D eigenvalue weighted by atomic mass is 16.3. The maximum atomic E-state index is 6.74. The first kappa shape index (κ1) is 33.3. The summed E-state index contributed by atoms with van der Waals surface area (Å²) < 4.78 is 13.4. The summed E-state index contributed by atoms with van der Waals surface area (Å²) >= 11 is 0. The van der Waals surface area contributed by atoms with Crippen molar-refractivity contribution in [3.63, 3.8) is 0 Å². The van der Waals surface area contributed by atoms with Gasteiger partial charge in [-0.15, -0.1) is 0 Å². The number of rotatable bonds is 6. The van der Waals surface area contributed by atoms with Gasteiger partial charge in [0.2, 0.25) is 0 Å². The Labute approximate surface area is 340 Å². The molecule has 12 aromatic rings. The van der Waals surface area contributed by atoms with Gasteiger partial charge in [-0.2, -0.15) is 0 Å². The standard InChI is InChI=1S/C56H35NO2/c1-2-14-39-35-42(27-26-36(39)12-1)41-16-9-15-40(34-41)37-28-31-43(32-29-37)57(51-23-11-25-53-54(51)49-33-30-38-13-3-4-17-44(38)55(49)59-53)50-22-7-5-18-45(50)47-20-10-21-48-46-19-6-8-24-52(46)58-56(47)48/h1-35H. The van der Waals surface area contributed by atoms with E-state index < -0.39 is 0 Å². The summed E-state index contributed by atoms with van der Waals surface area (Å²) in [5.74, 6) is 0. The highest BCUT2D eigenvalue weighted by molar-refractivity contribution is 6.20. The third-order valence-electron chi connectivity index (χ3n) is 11.8. The second-order valence-corrected chi connectivity index (χ2v) is 15.2. The molecule has 0 unspecified atom stereocenters. The lowest BCUT2D eigenvalue weighted by molar-refractivity contribution is 0.670. The van der Waals surface area contributed by atoms with Crippen LogP contribution in [0, 0.1) is 0 Å². The van der Waals surface area contributed by atoms with Crippen LogP contribution in [0.5, 0.6) is 0 Å². The molecule has 2 heterocycles. The van der Waals surface area contributed by atoms with E-state index in [0.29, 0.717) is 0 Å². The average molecular weight is 754 g/mol. The number of benzene rings is 10. The van der Waals surface area contributed by atoms with Crippen molar-refractivity contribution < 1.29 is 8.83 Å². The molecule has 3 nitrogen and oxygen atoms in total. The van der Waals surface area contributed by atoms with Crippen LogP contribution in [-0.2, 0) is 0 Å². The minimum absolute atomic E-state index is 0.845. The quantitative estimate of drug-likeness (QED) is 0.169. The number of furan rings is 2. The van der Waals surface area contributed by atoms with E-state index in [1.165, 1.54) is 27.5 Å². The van der Waals surface area contributed by atoms with Crippen LogP contribution in [0.3, 0.4) is 0 Å². The molecule has 3 heteroatoms. The number of fused-ring (bicyclic) bond motifs is 9. The summed E-state index contributed by atoms with van der Waals surface area (Å²) in [5.41, 5.74) is 13.4. The van der Waals surface area contributed by atoms with Crippen molar-refractivity contribution in [1.29, 1.82) is 0 Å². The topological polar surface area (TPSA) is 29.5 Å². The molecule has 276 valence electrons. The predicted octanol–water partition coefficient (Wildman–Crippen LogP) is 16.3. The van der Waals surface area contributed by atoms with Crippen molar-refractivity contribution in [3.05, 3.63) is 212 Å². The first-order valence-electron chi connectivity index (χ1n) is 20.1. The van der Waals surface area contributed by atoms with Gasteiger partial charge in [0.05, 0.1) is 16.8 Å². The van der Waals surface area contributed by atoms with Crippen molar-refractivity contribution in [2.24, 2.45) is 0 Å². The highest BCUT2D eigenvalue weighted by Gasteiger charge is 2.24. The third kappa shape index (κ3) is 5.44. The Morgan fingerprint density at radius 1 is 0.305 bits per heavy atom. The molecule has 0 saturated carbocycles. The largest absolute Gasteiger partial charge is 0.455 e. The van der Waals surface area contributed by atoms with Crippen LogP contribution in [-0.4, -0.2) is 0 Å². The molecule has 59 heavy (non-hydrogen) atoms. The second-order valence-electron chi connectivity index (χ2n) is 15.2. The van der Waals surface area contributed by atoms with Crippen LogP contribution in [0.4, 0.5) is 17.1 Å². The third-order valence-corrected chi connectivity index (χ3v) is 11.8. The van der Waals surface area contributed by atoms with Crippen molar-refractivity contribution in [2.75, 3.05) is 4.90 Å². The predicted molar refractivity (Wildman–Crippen MR) is 247 cm³/mol. The Morgan fingerprint density at radius 3 is 1.80 bits per heavy atom. The summed E-state index contributed by atoms with van der Waals surface area (Å²) in [6.07, 6.45) is 0. The monoisotopic (exact) mass is 753 g/mol. The fraction of sp³-hybridized carbons (Fsp3) is 0. The second kappa shape index (κ2) is 13.4. The molecular weight excluding hydrogens is 719 g/mol. The van der Waals surface area contributed by atoms with E-state index in [1.54, 1.807) is 0 Å². The molecule has 12 rings (SSSR count). The molecule has 0 bridgehead atoms. The van der Waals surface area contributed by atoms with Gasteiger partial charge in [-0.25, -0.2) is 0 Å². The van der Waals surface area contributed by atoms with Gasteiger partial charge in [-0.05, 0) is 93.0 Å². The van der Waals surface area contributed by atoms with Crippen molar-refractivity contribution >= 4 is 82.5 Å². The smallest absolute Gasteiger partial charge is 0.143 e. The lowest BCUT2D eigenvalue weighted by Gasteiger charge is -2.28. The summed E-state index contributed by atoms with van der Waals surface area (Å²) in [6.45, 7) is 0. The van der Waals surface area contributed by atoms with Crippen molar-refractivity contribution in [3.8, 4) is 33.4 Å². The summed E-state index contributed by atoms with van der Waals surface area (Å²) in [7, 11) is 0. The van der Waals surface area contributed by atoms with Crippen LogP contribution in [0.2, 0.25) is 0 Å². The van der Waals surface area contributed by atoms with Gasteiger partial charge in [0.15, 0.2) is 0 Å². The van der Waals surface area contributed by atoms with E-state index in [9.17, 15) is 0 Å². The van der Waals surface area contributed by atoms with Crippen molar-refractivity contribution in [2.45, 2.75) is 0 Å². The molecule has 0 spiro atoms. The molecule has 0 amide bonds. The van der Waals surface area contributed by atoms with Crippen LogP contribution >= 0.6 is 0 Å².